The van der Waals surface area contributed by atoms with E-state index in [4.69, 9.17) is 9.84 Å². The van der Waals surface area contributed by atoms with Crippen LogP contribution in [0.15, 0.2) is 29.2 Å². The van der Waals surface area contributed by atoms with Crippen molar-refractivity contribution in [1.82, 2.24) is 5.32 Å². The number of unbranched alkanes of at least 4 members (excludes halogenated alkanes) is 1. The van der Waals surface area contributed by atoms with Gasteiger partial charge in [-0.1, -0.05) is 13.3 Å². The van der Waals surface area contributed by atoms with Gasteiger partial charge in [-0.15, -0.1) is 0 Å². The van der Waals surface area contributed by atoms with E-state index in [0.717, 1.165) is 30.1 Å². The van der Waals surface area contributed by atoms with Crippen molar-refractivity contribution in [3.63, 3.8) is 0 Å². The summed E-state index contributed by atoms with van der Waals surface area (Å²) in [6.07, 6.45) is 4.22. The second-order valence-electron chi connectivity index (χ2n) is 4.02. The molecule has 0 heterocycles. The van der Waals surface area contributed by atoms with Crippen LogP contribution < -0.4 is 10.1 Å². The van der Waals surface area contributed by atoms with Gasteiger partial charge in [0, 0.05) is 22.0 Å². The summed E-state index contributed by atoms with van der Waals surface area (Å²) in [6, 6.07) is 7.42. The van der Waals surface area contributed by atoms with Crippen molar-refractivity contribution in [2.75, 3.05) is 19.4 Å². The number of nitrogens with one attached hydrogen (secondary N) is 1. The highest BCUT2D eigenvalue weighted by Gasteiger charge is 1.97. The monoisotopic (exact) mass is 315 g/mol. The van der Waals surface area contributed by atoms with E-state index in [9.17, 15) is 13.8 Å². The Morgan fingerprint density at radius 1 is 1.38 bits per heavy atom. The molecule has 0 saturated carbocycles. The van der Waals surface area contributed by atoms with Crippen molar-refractivity contribution in [3.05, 3.63) is 24.3 Å². The third-order valence-corrected chi connectivity index (χ3v) is 3.19. The molecule has 21 heavy (non-hydrogen) atoms. The average Bonchev–Trinajstić information content (AvgIpc) is 2.46. The molecule has 0 aliphatic carbocycles. The number of rotatable bonds is 8. The van der Waals surface area contributed by atoms with Crippen LogP contribution in [0.4, 0.5) is 0 Å². The van der Waals surface area contributed by atoms with Gasteiger partial charge in [-0.2, -0.15) is 0 Å². The van der Waals surface area contributed by atoms with Gasteiger partial charge in [0.1, 0.15) is 12.3 Å². The lowest BCUT2D eigenvalue weighted by atomic mass is 10.3. The molecule has 0 spiro atoms. The highest BCUT2D eigenvalue weighted by molar-refractivity contribution is 7.84. The van der Waals surface area contributed by atoms with Crippen LogP contribution in [0.3, 0.4) is 0 Å². The molecule has 1 atom stereocenters. The number of carbonyl (C=O) groups excluding carboxylic acids is 1. The number of hydrogen-bond acceptors (Lipinski definition) is 4. The predicted octanol–water partition coefficient (Wildman–Crippen LogP) is 1.42. The first-order chi connectivity index (χ1) is 10.0. The first kappa shape index (κ1) is 19.1. The minimum absolute atomic E-state index is 0.302. The highest BCUT2D eigenvalue weighted by atomic mass is 32.2. The van der Waals surface area contributed by atoms with Crippen LogP contribution in [0, 0.1) is 0 Å². The van der Waals surface area contributed by atoms with Gasteiger partial charge >= 0.3 is 5.97 Å². The molecule has 1 aromatic carbocycles. The summed E-state index contributed by atoms with van der Waals surface area (Å²) in [5.41, 5.74) is 0. The Morgan fingerprint density at radius 2 is 2.00 bits per heavy atom. The van der Waals surface area contributed by atoms with Crippen LogP contribution >= 0.6 is 0 Å². The van der Waals surface area contributed by atoms with Crippen LogP contribution in [-0.4, -0.2) is 41.1 Å². The molecule has 0 radical (unpaired) electrons. The molecule has 0 fully saturated rings. The maximum atomic E-state index is 11.1. The Hall–Kier alpha value is -1.89. The van der Waals surface area contributed by atoms with E-state index in [0.29, 0.717) is 6.41 Å². The maximum Gasteiger partial charge on any atom is 0.322 e. The molecule has 1 amide bonds. The van der Waals surface area contributed by atoms with Crippen LogP contribution in [0.5, 0.6) is 5.75 Å². The molecule has 0 saturated heterocycles. The Labute approximate surface area is 127 Å². The Kier molecular flexibility index (Phi) is 10.8. The summed E-state index contributed by atoms with van der Waals surface area (Å²) in [6.45, 7) is 2.58. The fourth-order valence-corrected chi connectivity index (χ4v) is 1.71. The van der Waals surface area contributed by atoms with E-state index in [1.54, 1.807) is 6.26 Å². The van der Waals surface area contributed by atoms with Gasteiger partial charge in [-0.25, -0.2) is 0 Å². The molecule has 0 bridgehead atoms. The van der Waals surface area contributed by atoms with Crippen LogP contribution in [0.1, 0.15) is 19.8 Å². The molecule has 0 aliphatic heterocycles. The number of ether oxygens (including phenoxy) is 1. The van der Waals surface area contributed by atoms with Crippen LogP contribution in [0.25, 0.3) is 0 Å². The summed E-state index contributed by atoms with van der Waals surface area (Å²) in [7, 11) is -0.900. The van der Waals surface area contributed by atoms with E-state index in [1.165, 1.54) is 0 Å². The van der Waals surface area contributed by atoms with Gasteiger partial charge in [0.15, 0.2) is 0 Å². The third-order valence-electron chi connectivity index (χ3n) is 2.26. The number of amides is 1. The summed E-state index contributed by atoms with van der Waals surface area (Å²) >= 11 is 0. The summed E-state index contributed by atoms with van der Waals surface area (Å²) in [5, 5.41) is 9.79. The van der Waals surface area contributed by atoms with E-state index in [2.05, 4.69) is 6.92 Å². The second-order valence-corrected chi connectivity index (χ2v) is 5.40. The molecule has 1 aromatic rings. The maximum absolute atomic E-state index is 11.1. The standard InChI is InChI=1S/C11H16O2S.C3H5NO3/c1-3-4-9-13-10-5-7-11(8-6-10)14(2)12;5-2-4-1-3(6)7/h5-8H,3-4,9H2,1-2H3;2H,1H2,(H,4,5)(H,6,7). The zero-order valence-corrected chi connectivity index (χ0v) is 13.0. The Morgan fingerprint density at radius 3 is 2.38 bits per heavy atom. The molecular weight excluding hydrogens is 294 g/mol. The molecule has 0 aliphatic rings. The van der Waals surface area contributed by atoms with Gasteiger partial charge in [-0.05, 0) is 30.7 Å². The fraction of sp³-hybridized carbons (Fsp3) is 0.429. The fourth-order valence-electron chi connectivity index (χ4n) is 1.19. The second kappa shape index (κ2) is 11.9. The molecule has 0 aromatic heterocycles. The molecule has 7 heteroatoms. The van der Waals surface area contributed by atoms with Gasteiger partial charge in [0.2, 0.25) is 6.41 Å². The molecule has 118 valence electrons. The molecule has 6 nitrogen and oxygen atoms in total. The van der Waals surface area contributed by atoms with Crippen LogP contribution in [-0.2, 0) is 20.4 Å². The van der Waals surface area contributed by atoms with Crippen LogP contribution in [0.2, 0.25) is 0 Å². The number of aliphatic carboxylic acids is 1. The number of carboxylic acids is 1. The Balaban J connectivity index is 0.000000486. The minimum Gasteiger partial charge on any atom is -0.494 e. The topological polar surface area (TPSA) is 92.7 Å². The van der Waals surface area contributed by atoms with Crippen molar-refractivity contribution in [2.24, 2.45) is 0 Å². The van der Waals surface area contributed by atoms with Crippen molar-refractivity contribution in [1.29, 1.82) is 0 Å². The van der Waals surface area contributed by atoms with Crippen molar-refractivity contribution in [2.45, 2.75) is 24.7 Å². The molecular formula is C14H21NO5S. The zero-order valence-electron chi connectivity index (χ0n) is 12.2. The summed E-state index contributed by atoms with van der Waals surface area (Å²) in [4.78, 5) is 19.7. The number of carbonyl (C=O) groups is 2. The quantitative estimate of drug-likeness (QED) is 0.559. The normalized spacial score (nSPS) is 10.8. The zero-order chi connectivity index (χ0) is 16.1. The van der Waals surface area contributed by atoms with E-state index >= 15 is 0 Å². The largest absolute Gasteiger partial charge is 0.494 e. The number of carboxylic acid groups (broad SMARTS) is 1. The lowest BCUT2D eigenvalue weighted by Crippen LogP contribution is -2.20. The summed E-state index contributed by atoms with van der Waals surface area (Å²) in [5.74, 6) is -0.181. The van der Waals surface area contributed by atoms with Crippen molar-refractivity contribution >= 4 is 23.2 Å². The smallest absolute Gasteiger partial charge is 0.322 e. The number of benzene rings is 1. The van der Waals surface area contributed by atoms with Crippen molar-refractivity contribution < 1.29 is 23.6 Å². The third kappa shape index (κ3) is 10.5. The van der Waals surface area contributed by atoms with E-state index in [1.807, 2.05) is 29.6 Å². The minimum atomic E-state index is -1.04. The lowest BCUT2D eigenvalue weighted by Gasteiger charge is -2.05. The molecule has 1 rings (SSSR count). The van der Waals surface area contributed by atoms with Crippen molar-refractivity contribution in [3.8, 4) is 5.75 Å². The number of hydrogen-bond donors (Lipinski definition) is 2. The first-order valence-electron chi connectivity index (χ1n) is 6.46. The van der Waals surface area contributed by atoms with Gasteiger partial charge in [0.25, 0.3) is 0 Å². The predicted molar refractivity (Wildman–Crippen MR) is 80.9 cm³/mol. The first-order valence-corrected chi connectivity index (χ1v) is 8.02. The Bertz CT molecular complexity index is 447. The average molecular weight is 315 g/mol. The highest BCUT2D eigenvalue weighted by Crippen LogP contribution is 2.14. The van der Waals surface area contributed by atoms with E-state index in [-0.39, 0.29) is 6.54 Å². The van der Waals surface area contributed by atoms with E-state index < -0.39 is 16.8 Å². The van der Waals surface area contributed by atoms with Gasteiger partial charge in [0.05, 0.1) is 6.61 Å². The SMILES string of the molecule is CCCCOc1ccc(S(C)=O)cc1.O=CNCC(=O)O. The van der Waals surface area contributed by atoms with Gasteiger partial charge in [-0.3, -0.25) is 13.8 Å². The molecule has 2 N–H and O–H groups in total. The summed E-state index contributed by atoms with van der Waals surface area (Å²) < 4.78 is 16.6. The molecule has 1 unspecified atom stereocenters. The van der Waals surface area contributed by atoms with Gasteiger partial charge < -0.3 is 15.2 Å². The lowest BCUT2D eigenvalue weighted by molar-refractivity contribution is -0.136.